The number of hydrogen-bond donors (Lipinski definition) is 1. The lowest BCUT2D eigenvalue weighted by atomic mass is 10.1. The summed E-state index contributed by atoms with van der Waals surface area (Å²) in [6.07, 6.45) is -1.51. The second-order valence-corrected chi connectivity index (χ2v) is 1.81. The first-order valence-electron chi connectivity index (χ1n) is 2.97. The Labute approximate surface area is 41.8 Å². The van der Waals surface area contributed by atoms with Crippen LogP contribution in [0, 0.1) is 0 Å². The van der Waals surface area contributed by atoms with E-state index in [4.69, 9.17) is 7.85 Å². The summed E-state index contributed by atoms with van der Waals surface area (Å²) in [4.78, 5) is 0. The first-order chi connectivity index (χ1) is 3.25. The monoisotopic (exact) mass is 90.1 g/mol. The Balaban J connectivity index is 4.02. The van der Waals surface area contributed by atoms with Gasteiger partial charge in [-0.25, -0.2) is 0 Å². The quantitative estimate of drug-likeness (QED) is 0.512. The average molecular weight is 90.2 g/mol. The van der Waals surface area contributed by atoms with Gasteiger partial charge in [-0.15, -0.1) is 0 Å². The van der Waals surface area contributed by atoms with Crippen molar-refractivity contribution in [3.8, 4) is 0 Å². The Morgan fingerprint density at radius 2 is 2.00 bits per heavy atom. The number of rotatable bonds is 1. The topological polar surface area (TPSA) is 20.2 Å². The molecule has 1 heteroatoms. The van der Waals surface area contributed by atoms with Crippen LogP contribution in [-0.4, -0.2) is 10.7 Å². The van der Waals surface area contributed by atoms with Gasteiger partial charge in [-0.1, -0.05) is 6.92 Å². The van der Waals surface area contributed by atoms with Crippen molar-refractivity contribution in [1.29, 1.82) is 0 Å². The Morgan fingerprint density at radius 1 is 1.83 bits per heavy atom. The minimum Gasteiger partial charge on any atom is -0.390 e. The molecular formula is C5H12O. The molecule has 0 aliphatic carbocycles. The van der Waals surface area contributed by atoms with Crippen molar-refractivity contribution < 1.29 is 7.85 Å². The highest BCUT2D eigenvalue weighted by atomic mass is 16.3. The summed E-state index contributed by atoms with van der Waals surface area (Å²) >= 11 is 0. The van der Waals surface area contributed by atoms with E-state index in [-0.39, 0.29) is 0 Å². The largest absolute Gasteiger partial charge is 0.390 e. The molecule has 0 unspecified atom stereocenters. The van der Waals surface area contributed by atoms with Gasteiger partial charge in [0.05, 0.1) is 5.60 Å². The minimum atomic E-state index is -1.51. The van der Waals surface area contributed by atoms with E-state index in [9.17, 15) is 0 Å². The molecule has 0 aliphatic rings. The molecule has 0 aromatic rings. The van der Waals surface area contributed by atoms with Gasteiger partial charge in [0, 0.05) is 2.74 Å². The van der Waals surface area contributed by atoms with Gasteiger partial charge in [-0.05, 0) is 20.2 Å². The lowest BCUT2D eigenvalue weighted by molar-refractivity contribution is 0.0765. The third-order valence-electron chi connectivity index (χ3n) is 0.612. The summed E-state index contributed by atoms with van der Waals surface area (Å²) in [5.74, 6) is 0. The second-order valence-electron chi connectivity index (χ2n) is 1.81. The van der Waals surface area contributed by atoms with E-state index in [0.717, 1.165) is 0 Å². The van der Waals surface area contributed by atoms with Crippen molar-refractivity contribution in [2.75, 3.05) is 0 Å². The van der Waals surface area contributed by atoms with Gasteiger partial charge in [0.1, 0.15) is 0 Å². The number of hydrogen-bond acceptors (Lipinski definition) is 1. The van der Waals surface area contributed by atoms with E-state index < -0.39 is 12.0 Å². The van der Waals surface area contributed by atoms with Crippen LogP contribution in [0.2, 0.25) is 0 Å². The highest BCUT2D eigenvalue weighted by Crippen LogP contribution is 2.03. The predicted octanol–water partition coefficient (Wildman–Crippen LogP) is 1.17. The summed E-state index contributed by atoms with van der Waals surface area (Å²) < 4.78 is 14.0. The zero-order chi connectivity index (χ0) is 7.00. The molecule has 0 heterocycles. The van der Waals surface area contributed by atoms with E-state index in [1.807, 2.05) is 0 Å². The molecule has 0 aromatic carbocycles. The fourth-order valence-corrected chi connectivity index (χ4v) is 0. The van der Waals surface area contributed by atoms with Crippen molar-refractivity contribution in [1.82, 2.24) is 0 Å². The molecule has 0 fully saturated rings. The van der Waals surface area contributed by atoms with Crippen LogP contribution in [0.4, 0.5) is 0 Å². The first-order valence-corrected chi connectivity index (χ1v) is 1.97. The van der Waals surface area contributed by atoms with Crippen LogP contribution >= 0.6 is 0 Å². The van der Waals surface area contributed by atoms with E-state index in [1.54, 1.807) is 0 Å². The Morgan fingerprint density at radius 3 is 2.00 bits per heavy atom. The van der Waals surface area contributed by atoms with Crippen molar-refractivity contribution in [3.05, 3.63) is 0 Å². The minimum absolute atomic E-state index is 1.23. The second kappa shape index (κ2) is 1.61. The smallest absolute Gasteiger partial charge is 0.0589 e. The normalized spacial score (nSPS) is 19.3. The van der Waals surface area contributed by atoms with E-state index >= 15 is 0 Å². The van der Waals surface area contributed by atoms with Crippen LogP contribution in [-0.2, 0) is 0 Å². The number of aliphatic hydroxyl groups is 1. The van der Waals surface area contributed by atoms with Gasteiger partial charge in [0.25, 0.3) is 0 Å². The molecule has 38 valence electrons. The summed E-state index contributed by atoms with van der Waals surface area (Å²) in [5.41, 5.74) is -1.23. The summed E-state index contributed by atoms with van der Waals surface area (Å²) in [7, 11) is 0. The summed E-state index contributed by atoms with van der Waals surface area (Å²) in [6.45, 7) is 4.26. The van der Waals surface area contributed by atoms with Crippen molar-refractivity contribution in [3.63, 3.8) is 0 Å². The molecule has 0 saturated carbocycles. The van der Waals surface area contributed by atoms with Gasteiger partial charge in [-0.3, -0.25) is 0 Å². The van der Waals surface area contributed by atoms with Gasteiger partial charge in [0.2, 0.25) is 0 Å². The highest BCUT2D eigenvalue weighted by molar-refractivity contribution is 4.59. The average Bonchev–Trinajstić information content (AvgIpc) is 1.25. The molecule has 0 atom stereocenters. The van der Waals surface area contributed by atoms with Gasteiger partial charge < -0.3 is 5.11 Å². The van der Waals surface area contributed by atoms with Crippen molar-refractivity contribution in [2.24, 2.45) is 0 Å². The molecule has 1 nitrogen and oxygen atoms in total. The van der Waals surface area contributed by atoms with Gasteiger partial charge >= 0.3 is 0 Å². The third-order valence-corrected chi connectivity index (χ3v) is 0.612. The third kappa shape index (κ3) is 3.96. The highest BCUT2D eigenvalue weighted by Gasteiger charge is 2.05. The molecule has 0 rings (SSSR count). The Kier molecular flexibility index (Phi) is 0.810. The molecule has 6 heavy (non-hydrogen) atoms. The SMILES string of the molecule is [2H]C([2H])(C)C(C)(C)O. The molecular weight excluding hydrogens is 76.1 g/mol. The lowest BCUT2D eigenvalue weighted by Crippen LogP contribution is -2.15. The zero-order valence-electron chi connectivity index (χ0n) is 6.45. The fraction of sp³-hybridized carbons (Fsp3) is 1.00. The van der Waals surface area contributed by atoms with Gasteiger partial charge in [0.15, 0.2) is 0 Å². The lowest BCUT2D eigenvalue weighted by Gasteiger charge is -2.11. The molecule has 0 bridgehead atoms. The van der Waals surface area contributed by atoms with Crippen molar-refractivity contribution in [2.45, 2.75) is 32.7 Å². The Hall–Kier alpha value is -0.0400. The van der Waals surface area contributed by atoms with E-state index in [1.165, 1.54) is 20.8 Å². The standard InChI is InChI=1S/C5H12O/c1-4-5(2,3)6/h6H,4H2,1-3H3/i4D2. The molecule has 1 N–H and O–H groups in total. The molecule has 0 aliphatic heterocycles. The van der Waals surface area contributed by atoms with Crippen LogP contribution in [0.1, 0.15) is 29.9 Å². The first kappa shape index (κ1) is 3.03. The maximum atomic E-state index is 8.98. The maximum absolute atomic E-state index is 8.98. The van der Waals surface area contributed by atoms with E-state index in [0.29, 0.717) is 0 Å². The van der Waals surface area contributed by atoms with Crippen LogP contribution in [0.25, 0.3) is 0 Å². The molecule has 0 aromatic heterocycles. The van der Waals surface area contributed by atoms with Gasteiger partial charge in [-0.2, -0.15) is 0 Å². The van der Waals surface area contributed by atoms with E-state index in [2.05, 4.69) is 0 Å². The zero-order valence-corrected chi connectivity index (χ0v) is 4.45. The van der Waals surface area contributed by atoms with Crippen LogP contribution in [0.3, 0.4) is 0 Å². The maximum Gasteiger partial charge on any atom is 0.0589 e. The van der Waals surface area contributed by atoms with Crippen molar-refractivity contribution >= 4 is 0 Å². The predicted molar refractivity (Wildman–Crippen MR) is 26.6 cm³/mol. The molecule has 0 radical (unpaired) electrons. The Bertz CT molecular complexity index is 65.4. The summed E-state index contributed by atoms with van der Waals surface area (Å²) in [5, 5.41) is 8.98. The van der Waals surface area contributed by atoms with Crippen LogP contribution in [0.15, 0.2) is 0 Å². The molecule has 0 amide bonds. The molecule has 0 saturated heterocycles. The molecule has 0 spiro atoms. The van der Waals surface area contributed by atoms with Crippen LogP contribution < -0.4 is 0 Å². The fourth-order valence-electron chi connectivity index (χ4n) is 0. The summed E-state index contributed by atoms with van der Waals surface area (Å²) in [6, 6.07) is 0. The van der Waals surface area contributed by atoms with Crippen LogP contribution in [0.5, 0.6) is 0 Å².